The van der Waals surface area contributed by atoms with E-state index >= 15 is 0 Å². The van der Waals surface area contributed by atoms with Crippen LogP contribution in [0.5, 0.6) is 5.75 Å². The van der Waals surface area contributed by atoms with Crippen LogP contribution in [0.15, 0.2) is 24.3 Å². The molecule has 4 nitrogen and oxygen atoms in total. The molecule has 1 aromatic carbocycles. The Morgan fingerprint density at radius 2 is 1.89 bits per heavy atom. The van der Waals surface area contributed by atoms with E-state index in [9.17, 15) is 4.79 Å². The summed E-state index contributed by atoms with van der Waals surface area (Å²) in [7, 11) is 0. The number of ether oxygens (including phenoxy) is 2. The topological polar surface area (TPSA) is 61.5 Å². The third kappa shape index (κ3) is 5.94. The number of nitrogens with two attached hydrogens (primary N) is 1. The first-order valence-corrected chi connectivity index (χ1v) is 6.34. The van der Waals surface area contributed by atoms with E-state index in [0.29, 0.717) is 13.2 Å². The summed E-state index contributed by atoms with van der Waals surface area (Å²) in [5, 5.41) is 0. The molecule has 1 unspecified atom stereocenters. The van der Waals surface area contributed by atoms with E-state index in [1.165, 1.54) is 0 Å². The Labute approximate surface area is 120 Å². The first kappa shape index (κ1) is 17.7. The molecule has 0 bridgehead atoms. The van der Waals surface area contributed by atoms with Crippen molar-refractivity contribution in [2.24, 2.45) is 5.73 Å². The van der Waals surface area contributed by atoms with Gasteiger partial charge in [-0.2, -0.15) is 0 Å². The summed E-state index contributed by atoms with van der Waals surface area (Å²) in [4.78, 5) is 11.5. The molecule has 0 aliphatic carbocycles. The Bertz CT molecular complexity index is 367. The average molecular weight is 288 g/mol. The molecule has 0 saturated heterocycles. The number of carbonyl (C=O) groups is 1. The van der Waals surface area contributed by atoms with Gasteiger partial charge in [-0.05, 0) is 31.0 Å². The van der Waals surface area contributed by atoms with Crippen LogP contribution in [0.2, 0.25) is 0 Å². The predicted octanol–water partition coefficient (Wildman–Crippen LogP) is 2.85. The monoisotopic (exact) mass is 287 g/mol. The van der Waals surface area contributed by atoms with Crippen molar-refractivity contribution >= 4 is 18.4 Å². The Kier molecular flexibility index (Phi) is 9.00. The molecule has 108 valence electrons. The lowest BCUT2D eigenvalue weighted by molar-refractivity contribution is -0.144. The molecule has 19 heavy (non-hydrogen) atoms. The molecule has 1 atom stereocenters. The number of carbonyl (C=O) groups excluding carboxylic acids is 1. The number of benzene rings is 1. The maximum atomic E-state index is 11.5. The highest BCUT2D eigenvalue weighted by atomic mass is 35.5. The number of hydrogen-bond donors (Lipinski definition) is 1. The fourth-order valence-corrected chi connectivity index (χ4v) is 1.47. The van der Waals surface area contributed by atoms with E-state index in [-0.39, 0.29) is 12.4 Å². The Morgan fingerprint density at radius 3 is 2.42 bits per heavy atom. The molecular weight excluding hydrogens is 266 g/mol. The first-order valence-electron chi connectivity index (χ1n) is 6.34. The number of rotatable bonds is 7. The maximum Gasteiger partial charge on any atom is 0.327 e. The van der Waals surface area contributed by atoms with E-state index in [2.05, 4.69) is 6.92 Å². The van der Waals surface area contributed by atoms with E-state index in [4.69, 9.17) is 15.2 Å². The zero-order valence-electron chi connectivity index (χ0n) is 11.4. The Balaban J connectivity index is 0.00000324. The van der Waals surface area contributed by atoms with Gasteiger partial charge < -0.3 is 15.2 Å². The molecule has 0 spiro atoms. The van der Waals surface area contributed by atoms with Crippen LogP contribution in [0.3, 0.4) is 0 Å². The van der Waals surface area contributed by atoms with E-state index in [1.54, 1.807) is 19.1 Å². The normalized spacial score (nSPS) is 11.3. The number of hydrogen-bond acceptors (Lipinski definition) is 4. The molecule has 0 radical (unpaired) electrons. The van der Waals surface area contributed by atoms with Crippen LogP contribution in [0, 0.1) is 0 Å². The molecule has 5 heteroatoms. The quantitative estimate of drug-likeness (QED) is 0.619. The number of esters is 1. The van der Waals surface area contributed by atoms with Gasteiger partial charge in [-0.1, -0.05) is 25.5 Å². The second-order valence-electron chi connectivity index (χ2n) is 4.00. The van der Waals surface area contributed by atoms with Crippen LogP contribution >= 0.6 is 12.4 Å². The molecule has 0 aliphatic rings. The van der Waals surface area contributed by atoms with E-state index < -0.39 is 12.0 Å². The van der Waals surface area contributed by atoms with Gasteiger partial charge in [0, 0.05) is 0 Å². The zero-order valence-corrected chi connectivity index (χ0v) is 12.2. The van der Waals surface area contributed by atoms with Crippen LogP contribution < -0.4 is 10.5 Å². The fourth-order valence-electron chi connectivity index (χ4n) is 1.47. The highest BCUT2D eigenvalue weighted by molar-refractivity contribution is 5.85. The summed E-state index contributed by atoms with van der Waals surface area (Å²) in [5.74, 6) is 0.389. The van der Waals surface area contributed by atoms with Gasteiger partial charge in [0.25, 0.3) is 0 Å². The lowest BCUT2D eigenvalue weighted by atomic mass is 10.1. The van der Waals surface area contributed by atoms with Gasteiger partial charge in [-0.25, -0.2) is 4.79 Å². The summed E-state index contributed by atoms with van der Waals surface area (Å²) in [6, 6.07) is 6.51. The summed E-state index contributed by atoms with van der Waals surface area (Å²) >= 11 is 0. The molecular formula is C14H22ClNO3. The van der Waals surface area contributed by atoms with Crippen molar-refractivity contribution in [1.29, 1.82) is 0 Å². The maximum absolute atomic E-state index is 11.5. The molecule has 0 saturated carbocycles. The molecule has 1 rings (SSSR count). The molecule has 0 fully saturated rings. The molecule has 0 aliphatic heterocycles. The summed E-state index contributed by atoms with van der Waals surface area (Å²) in [6.45, 7) is 4.92. The van der Waals surface area contributed by atoms with Gasteiger partial charge in [0.1, 0.15) is 11.8 Å². The molecule has 2 N–H and O–H groups in total. The Hall–Kier alpha value is -1.26. The number of unbranched alkanes of at least 4 members (excludes halogenated alkanes) is 1. The minimum absolute atomic E-state index is 0. The summed E-state index contributed by atoms with van der Waals surface area (Å²) in [5.41, 5.74) is 6.51. The van der Waals surface area contributed by atoms with Crippen LogP contribution in [0.25, 0.3) is 0 Å². The van der Waals surface area contributed by atoms with Crippen molar-refractivity contribution in [2.45, 2.75) is 32.7 Å². The molecule has 0 amide bonds. The smallest absolute Gasteiger partial charge is 0.327 e. The minimum Gasteiger partial charge on any atom is -0.494 e. The Morgan fingerprint density at radius 1 is 1.26 bits per heavy atom. The van der Waals surface area contributed by atoms with Crippen molar-refractivity contribution in [3.05, 3.63) is 29.8 Å². The fraction of sp³-hybridized carbons (Fsp3) is 0.500. The van der Waals surface area contributed by atoms with E-state index in [0.717, 1.165) is 24.2 Å². The van der Waals surface area contributed by atoms with Crippen molar-refractivity contribution in [1.82, 2.24) is 0 Å². The van der Waals surface area contributed by atoms with Gasteiger partial charge >= 0.3 is 5.97 Å². The molecule has 0 aromatic heterocycles. The van der Waals surface area contributed by atoms with Crippen molar-refractivity contribution < 1.29 is 14.3 Å². The largest absolute Gasteiger partial charge is 0.494 e. The average Bonchev–Trinajstić information content (AvgIpc) is 2.39. The SMILES string of the molecule is CCCCOc1ccc(C(N)C(=O)OCC)cc1.Cl. The summed E-state index contributed by atoms with van der Waals surface area (Å²) in [6.07, 6.45) is 2.13. The predicted molar refractivity (Wildman–Crippen MR) is 77.7 cm³/mol. The third-order valence-corrected chi connectivity index (χ3v) is 2.55. The minimum atomic E-state index is -0.727. The highest BCUT2D eigenvalue weighted by Gasteiger charge is 2.16. The zero-order chi connectivity index (χ0) is 13.4. The molecule has 0 heterocycles. The van der Waals surface area contributed by atoms with Gasteiger partial charge in [-0.3, -0.25) is 0 Å². The lowest BCUT2D eigenvalue weighted by Gasteiger charge is -2.11. The third-order valence-electron chi connectivity index (χ3n) is 2.55. The molecule has 1 aromatic rings. The van der Waals surface area contributed by atoms with Crippen molar-refractivity contribution in [2.75, 3.05) is 13.2 Å². The second-order valence-corrected chi connectivity index (χ2v) is 4.00. The lowest BCUT2D eigenvalue weighted by Crippen LogP contribution is -2.23. The van der Waals surface area contributed by atoms with Gasteiger partial charge in [0.15, 0.2) is 0 Å². The van der Waals surface area contributed by atoms with Gasteiger partial charge in [0.05, 0.1) is 13.2 Å². The van der Waals surface area contributed by atoms with E-state index in [1.807, 2.05) is 12.1 Å². The first-order chi connectivity index (χ1) is 8.69. The number of halogens is 1. The van der Waals surface area contributed by atoms with Crippen LogP contribution in [0.1, 0.15) is 38.3 Å². The van der Waals surface area contributed by atoms with Crippen LogP contribution in [0.4, 0.5) is 0 Å². The summed E-state index contributed by atoms with van der Waals surface area (Å²) < 4.78 is 10.4. The second kappa shape index (κ2) is 9.64. The van der Waals surface area contributed by atoms with Gasteiger partial charge in [-0.15, -0.1) is 12.4 Å². The van der Waals surface area contributed by atoms with Gasteiger partial charge in [0.2, 0.25) is 0 Å². The van der Waals surface area contributed by atoms with Crippen molar-refractivity contribution in [3.8, 4) is 5.75 Å². The van der Waals surface area contributed by atoms with Crippen LogP contribution in [-0.2, 0) is 9.53 Å². The standard InChI is InChI=1S/C14H21NO3.ClH/c1-3-5-10-18-12-8-6-11(7-9-12)13(15)14(16)17-4-2;/h6-9,13H,3-5,10,15H2,1-2H3;1H. The van der Waals surface area contributed by atoms with Crippen LogP contribution in [-0.4, -0.2) is 19.2 Å². The highest BCUT2D eigenvalue weighted by Crippen LogP contribution is 2.17. The van der Waals surface area contributed by atoms with Crippen molar-refractivity contribution in [3.63, 3.8) is 0 Å².